The molecule has 0 unspecified atom stereocenters. The SMILES string of the molecule is COc1ccc(-n2nc3c4c([nH]cc-3c2=O)CCC(C)(C)CCC(C)(C)C4)cc1. The van der Waals surface area contributed by atoms with Crippen LogP contribution in [-0.4, -0.2) is 21.9 Å². The van der Waals surface area contributed by atoms with Crippen LogP contribution in [0.4, 0.5) is 0 Å². The molecule has 0 saturated heterocycles. The molecular weight excluding hydrogens is 362 g/mol. The lowest BCUT2D eigenvalue weighted by atomic mass is 9.76. The first-order valence-corrected chi connectivity index (χ1v) is 10.5. The van der Waals surface area contributed by atoms with Crippen molar-refractivity contribution in [1.29, 1.82) is 0 Å². The van der Waals surface area contributed by atoms with Crippen molar-refractivity contribution < 1.29 is 4.74 Å². The summed E-state index contributed by atoms with van der Waals surface area (Å²) in [6.07, 6.45) is 7.26. The van der Waals surface area contributed by atoms with Crippen LogP contribution in [-0.2, 0) is 12.8 Å². The standard InChI is InChI=1S/C24H31N3O2/c1-23(2)11-10-20-18(14-24(3,4)13-12-23)21-19(15-25-20)22(28)27(26-21)16-6-8-17(29-5)9-7-16/h6-9,15,25H,10-14H2,1-5H3. The van der Waals surface area contributed by atoms with Gasteiger partial charge in [-0.2, -0.15) is 9.78 Å². The minimum absolute atomic E-state index is 0.0813. The van der Waals surface area contributed by atoms with Gasteiger partial charge in [-0.1, -0.05) is 27.7 Å². The minimum atomic E-state index is -0.0813. The fourth-order valence-electron chi connectivity index (χ4n) is 4.30. The zero-order valence-electron chi connectivity index (χ0n) is 18.1. The maximum absolute atomic E-state index is 13.1. The topological polar surface area (TPSA) is 59.9 Å². The molecule has 2 heterocycles. The smallest absolute Gasteiger partial charge is 0.282 e. The van der Waals surface area contributed by atoms with Gasteiger partial charge < -0.3 is 9.72 Å². The van der Waals surface area contributed by atoms with E-state index >= 15 is 0 Å². The quantitative estimate of drug-likeness (QED) is 0.667. The Hall–Kier alpha value is -2.56. The van der Waals surface area contributed by atoms with Gasteiger partial charge in [-0.15, -0.1) is 0 Å². The van der Waals surface area contributed by atoms with Crippen molar-refractivity contribution >= 4 is 0 Å². The maximum atomic E-state index is 13.1. The van der Waals surface area contributed by atoms with Crippen molar-refractivity contribution in [3.63, 3.8) is 0 Å². The van der Waals surface area contributed by atoms with Crippen LogP contribution in [0.2, 0.25) is 0 Å². The number of fused-ring (bicyclic) bond motifs is 3. The predicted octanol–water partition coefficient (Wildman–Crippen LogP) is 5.00. The third kappa shape index (κ3) is 3.83. The summed E-state index contributed by atoms with van der Waals surface area (Å²) in [5.41, 5.74) is 5.07. The van der Waals surface area contributed by atoms with Gasteiger partial charge in [0.25, 0.3) is 5.56 Å². The van der Waals surface area contributed by atoms with E-state index < -0.39 is 0 Å². The van der Waals surface area contributed by atoms with Crippen molar-refractivity contribution in [3.8, 4) is 22.7 Å². The molecular formula is C24H31N3O2. The number of aromatic nitrogens is 3. The Balaban J connectivity index is 1.85. The average molecular weight is 394 g/mol. The number of hydrogen-bond acceptors (Lipinski definition) is 3. The molecule has 5 nitrogen and oxygen atoms in total. The molecule has 5 heteroatoms. The van der Waals surface area contributed by atoms with Gasteiger partial charge in [0.15, 0.2) is 0 Å². The fourth-order valence-corrected chi connectivity index (χ4v) is 4.30. The number of benzene rings is 1. The molecule has 0 saturated carbocycles. The normalized spacial score (nSPS) is 18.5. The minimum Gasteiger partial charge on any atom is -0.497 e. The Labute approximate surface area is 172 Å². The van der Waals surface area contributed by atoms with E-state index in [1.807, 2.05) is 30.5 Å². The summed E-state index contributed by atoms with van der Waals surface area (Å²) < 4.78 is 6.75. The van der Waals surface area contributed by atoms with Gasteiger partial charge in [-0.25, -0.2) is 0 Å². The van der Waals surface area contributed by atoms with Crippen LogP contribution >= 0.6 is 0 Å². The molecule has 0 spiro atoms. The summed E-state index contributed by atoms with van der Waals surface area (Å²) in [4.78, 5) is 16.6. The van der Waals surface area contributed by atoms with Crippen molar-refractivity contribution in [2.45, 2.75) is 59.8 Å². The fraction of sp³-hybridized carbons (Fsp3) is 0.500. The molecule has 1 N–H and O–H groups in total. The zero-order chi connectivity index (χ0) is 20.8. The molecule has 0 radical (unpaired) electrons. The average Bonchev–Trinajstić information content (AvgIpc) is 3.04. The lowest BCUT2D eigenvalue weighted by Gasteiger charge is -2.29. The van der Waals surface area contributed by atoms with Crippen LogP contribution in [0, 0.1) is 10.8 Å². The Bertz CT molecular complexity index is 1040. The summed E-state index contributed by atoms with van der Waals surface area (Å²) in [5, 5.41) is 4.80. The Morgan fingerprint density at radius 2 is 1.72 bits per heavy atom. The number of hydrogen-bond donors (Lipinski definition) is 1. The van der Waals surface area contributed by atoms with Gasteiger partial charge in [0, 0.05) is 17.5 Å². The third-order valence-electron chi connectivity index (χ3n) is 6.42. The highest BCUT2D eigenvalue weighted by Crippen LogP contribution is 2.40. The van der Waals surface area contributed by atoms with Crippen LogP contribution in [0.25, 0.3) is 16.9 Å². The number of ether oxygens (including phenoxy) is 1. The number of methoxy groups -OCH3 is 1. The van der Waals surface area contributed by atoms with Gasteiger partial charge in [-0.05, 0) is 67.2 Å². The number of nitrogens with one attached hydrogen (secondary N) is 1. The summed E-state index contributed by atoms with van der Waals surface area (Å²) in [6.45, 7) is 9.38. The maximum Gasteiger partial charge on any atom is 0.282 e. The molecule has 29 heavy (non-hydrogen) atoms. The Morgan fingerprint density at radius 1 is 1.03 bits per heavy atom. The van der Waals surface area contributed by atoms with Crippen LogP contribution in [0.3, 0.4) is 0 Å². The molecule has 154 valence electrons. The summed E-state index contributed by atoms with van der Waals surface area (Å²) in [6, 6.07) is 7.45. The van der Waals surface area contributed by atoms with Crippen LogP contribution in [0.1, 0.15) is 58.2 Å². The first kappa shape index (κ1) is 19.7. The highest BCUT2D eigenvalue weighted by Gasteiger charge is 2.31. The largest absolute Gasteiger partial charge is 0.497 e. The van der Waals surface area contributed by atoms with Crippen LogP contribution < -0.4 is 10.3 Å². The monoisotopic (exact) mass is 393 g/mol. The molecule has 0 amide bonds. The van der Waals surface area contributed by atoms with Gasteiger partial charge in [0.2, 0.25) is 0 Å². The van der Waals surface area contributed by atoms with Gasteiger partial charge in [-0.3, -0.25) is 4.79 Å². The molecule has 3 aliphatic rings. The molecule has 0 atom stereocenters. The van der Waals surface area contributed by atoms with Gasteiger partial charge in [0.05, 0.1) is 18.4 Å². The zero-order valence-corrected chi connectivity index (χ0v) is 18.1. The second-order valence-electron chi connectivity index (χ2n) is 9.93. The van der Waals surface area contributed by atoms with E-state index in [0.717, 1.165) is 36.4 Å². The molecule has 1 aliphatic carbocycles. The van der Waals surface area contributed by atoms with Crippen molar-refractivity contribution in [2.75, 3.05) is 7.11 Å². The Kier molecular flexibility index (Phi) is 4.80. The number of pyridine rings is 1. The third-order valence-corrected chi connectivity index (χ3v) is 6.42. The molecule has 1 aromatic carbocycles. The molecule has 1 aromatic rings. The molecule has 0 bridgehead atoms. The second-order valence-corrected chi connectivity index (χ2v) is 9.93. The van der Waals surface area contributed by atoms with Crippen molar-refractivity contribution in [1.82, 2.24) is 14.8 Å². The van der Waals surface area contributed by atoms with E-state index in [0.29, 0.717) is 11.0 Å². The molecule has 2 aliphatic heterocycles. The van der Waals surface area contributed by atoms with E-state index in [-0.39, 0.29) is 11.0 Å². The molecule has 0 fully saturated rings. The predicted molar refractivity (Wildman–Crippen MR) is 116 cm³/mol. The molecule has 4 rings (SSSR count). The number of nitrogens with zero attached hydrogens (tertiary/aromatic N) is 2. The van der Waals surface area contributed by atoms with E-state index in [1.54, 1.807) is 7.11 Å². The van der Waals surface area contributed by atoms with Gasteiger partial charge >= 0.3 is 0 Å². The van der Waals surface area contributed by atoms with Crippen LogP contribution in [0.5, 0.6) is 5.75 Å². The number of aromatic amines is 1. The van der Waals surface area contributed by atoms with E-state index in [1.165, 1.54) is 28.8 Å². The van der Waals surface area contributed by atoms with Crippen molar-refractivity contribution in [3.05, 3.63) is 52.1 Å². The lowest BCUT2D eigenvalue weighted by Crippen LogP contribution is -2.19. The first-order valence-electron chi connectivity index (χ1n) is 10.5. The van der Waals surface area contributed by atoms with E-state index in [2.05, 4.69) is 32.7 Å². The second kappa shape index (κ2) is 7.05. The van der Waals surface area contributed by atoms with Crippen molar-refractivity contribution in [2.24, 2.45) is 10.8 Å². The Morgan fingerprint density at radius 3 is 2.41 bits per heavy atom. The van der Waals surface area contributed by atoms with Crippen LogP contribution in [0.15, 0.2) is 35.3 Å². The highest BCUT2D eigenvalue weighted by molar-refractivity contribution is 5.65. The molecule has 0 aromatic heterocycles. The first-order chi connectivity index (χ1) is 13.7. The summed E-state index contributed by atoms with van der Waals surface area (Å²) in [7, 11) is 1.63. The number of aryl methyl sites for hydroxylation is 1. The van der Waals surface area contributed by atoms with Gasteiger partial charge in [0.1, 0.15) is 11.4 Å². The summed E-state index contributed by atoms with van der Waals surface area (Å²) >= 11 is 0. The highest BCUT2D eigenvalue weighted by atomic mass is 16.5. The summed E-state index contributed by atoms with van der Waals surface area (Å²) in [5.74, 6) is 0.761. The van der Waals surface area contributed by atoms with E-state index in [9.17, 15) is 4.79 Å². The number of rotatable bonds is 2. The lowest BCUT2D eigenvalue weighted by molar-refractivity contribution is 0.232. The van der Waals surface area contributed by atoms with E-state index in [4.69, 9.17) is 9.84 Å². The number of H-pyrrole nitrogens is 1.